The molecule has 1 aromatic carbocycles. The third kappa shape index (κ3) is 3.79. The summed E-state index contributed by atoms with van der Waals surface area (Å²) in [6, 6.07) is 5.55. The first-order chi connectivity index (χ1) is 9.88. The zero-order valence-electron chi connectivity index (χ0n) is 12.6. The number of aliphatic carboxylic acids is 1. The highest BCUT2D eigenvalue weighted by atomic mass is 32.2. The molecule has 4 nitrogen and oxygen atoms in total. The number of amides is 1. The van der Waals surface area contributed by atoms with Gasteiger partial charge in [0.15, 0.2) is 0 Å². The Balaban J connectivity index is 2.07. The van der Waals surface area contributed by atoms with E-state index in [-0.39, 0.29) is 11.2 Å². The molecule has 114 valence electrons. The maximum atomic E-state index is 12.5. The van der Waals surface area contributed by atoms with Gasteiger partial charge < -0.3 is 10.0 Å². The molecule has 0 aromatic heterocycles. The number of carboxylic acids is 1. The van der Waals surface area contributed by atoms with Crippen LogP contribution in [0.15, 0.2) is 23.1 Å². The fourth-order valence-electron chi connectivity index (χ4n) is 2.78. The minimum atomic E-state index is -0.899. The molecule has 0 spiro atoms. The largest absolute Gasteiger partial charge is 0.480 e. The van der Waals surface area contributed by atoms with Crippen LogP contribution in [-0.2, 0) is 9.59 Å². The molecule has 21 heavy (non-hydrogen) atoms. The number of hydrogen-bond acceptors (Lipinski definition) is 3. The number of carbonyl (C=O) groups excluding carboxylic acids is 1. The lowest BCUT2D eigenvalue weighted by Gasteiger charge is -2.24. The molecule has 1 aromatic rings. The van der Waals surface area contributed by atoms with Crippen molar-refractivity contribution in [3.63, 3.8) is 0 Å². The Morgan fingerprint density at radius 3 is 2.48 bits per heavy atom. The van der Waals surface area contributed by atoms with Crippen molar-refractivity contribution in [2.75, 3.05) is 6.54 Å². The first-order valence-corrected chi connectivity index (χ1v) is 8.04. The SMILES string of the molecule is Cc1cc(C)cc(SC(C)C(=O)N2CCCC2C(=O)O)c1. The van der Waals surface area contributed by atoms with Crippen LogP contribution in [0.3, 0.4) is 0 Å². The molecule has 1 fully saturated rings. The molecule has 2 rings (SSSR count). The van der Waals surface area contributed by atoms with Crippen LogP contribution >= 0.6 is 11.8 Å². The highest BCUT2D eigenvalue weighted by Crippen LogP contribution is 2.28. The number of likely N-dealkylation sites (tertiary alicyclic amines) is 1. The number of rotatable bonds is 4. The minimum absolute atomic E-state index is 0.0796. The second-order valence-corrected chi connectivity index (χ2v) is 7.03. The molecule has 1 N–H and O–H groups in total. The van der Waals surface area contributed by atoms with Gasteiger partial charge in [-0.25, -0.2) is 4.79 Å². The molecule has 5 heteroatoms. The van der Waals surface area contributed by atoms with E-state index in [0.717, 1.165) is 11.3 Å². The van der Waals surface area contributed by atoms with Gasteiger partial charge in [-0.15, -0.1) is 11.8 Å². The van der Waals surface area contributed by atoms with Crippen LogP contribution in [0.25, 0.3) is 0 Å². The third-order valence-electron chi connectivity index (χ3n) is 3.68. The van der Waals surface area contributed by atoms with E-state index in [9.17, 15) is 14.7 Å². The van der Waals surface area contributed by atoms with E-state index in [1.54, 1.807) is 0 Å². The van der Waals surface area contributed by atoms with Crippen molar-refractivity contribution < 1.29 is 14.7 Å². The molecule has 0 bridgehead atoms. The van der Waals surface area contributed by atoms with Gasteiger partial charge in [0.25, 0.3) is 0 Å². The highest BCUT2D eigenvalue weighted by molar-refractivity contribution is 8.00. The number of aryl methyl sites for hydroxylation is 2. The van der Waals surface area contributed by atoms with Crippen LogP contribution in [0.1, 0.15) is 30.9 Å². The van der Waals surface area contributed by atoms with Gasteiger partial charge >= 0.3 is 5.97 Å². The van der Waals surface area contributed by atoms with Gasteiger partial charge in [0.05, 0.1) is 5.25 Å². The van der Waals surface area contributed by atoms with E-state index in [0.29, 0.717) is 13.0 Å². The lowest BCUT2D eigenvalue weighted by atomic mass is 10.2. The second kappa shape index (κ2) is 6.52. The predicted molar refractivity (Wildman–Crippen MR) is 83.6 cm³/mol. The molecule has 0 radical (unpaired) electrons. The summed E-state index contributed by atoms with van der Waals surface area (Å²) in [5, 5.41) is 8.90. The summed E-state index contributed by atoms with van der Waals surface area (Å²) < 4.78 is 0. The summed E-state index contributed by atoms with van der Waals surface area (Å²) in [6.45, 7) is 6.46. The molecule has 2 atom stereocenters. The van der Waals surface area contributed by atoms with Crippen LogP contribution in [0.4, 0.5) is 0 Å². The van der Waals surface area contributed by atoms with Crippen LogP contribution < -0.4 is 0 Å². The maximum absolute atomic E-state index is 12.5. The summed E-state index contributed by atoms with van der Waals surface area (Å²) in [6.07, 6.45) is 1.33. The van der Waals surface area contributed by atoms with Gasteiger partial charge in [-0.3, -0.25) is 4.79 Å². The number of thioether (sulfide) groups is 1. The lowest BCUT2D eigenvalue weighted by molar-refractivity contribution is -0.147. The van der Waals surface area contributed by atoms with Gasteiger partial charge in [0.1, 0.15) is 6.04 Å². The average Bonchev–Trinajstić information content (AvgIpc) is 2.85. The first-order valence-electron chi connectivity index (χ1n) is 7.16. The van der Waals surface area contributed by atoms with Gasteiger partial charge in [-0.2, -0.15) is 0 Å². The molecule has 1 amide bonds. The zero-order valence-corrected chi connectivity index (χ0v) is 13.4. The molecule has 1 heterocycles. The summed E-state index contributed by atoms with van der Waals surface area (Å²) in [5.74, 6) is -0.978. The van der Waals surface area contributed by atoms with Crippen molar-refractivity contribution in [3.05, 3.63) is 29.3 Å². The van der Waals surface area contributed by atoms with E-state index in [1.807, 2.05) is 20.8 Å². The molecule has 1 saturated heterocycles. The van der Waals surface area contributed by atoms with E-state index < -0.39 is 12.0 Å². The van der Waals surface area contributed by atoms with E-state index >= 15 is 0 Å². The molecule has 0 saturated carbocycles. The Bertz CT molecular complexity index is 538. The minimum Gasteiger partial charge on any atom is -0.480 e. The lowest BCUT2D eigenvalue weighted by Crippen LogP contribution is -2.43. The van der Waals surface area contributed by atoms with Crippen LogP contribution in [-0.4, -0.2) is 39.7 Å². The second-order valence-electron chi connectivity index (χ2n) is 5.61. The predicted octanol–water partition coefficient (Wildman–Crippen LogP) is 2.86. The van der Waals surface area contributed by atoms with Gasteiger partial charge in [-0.05, 0) is 56.9 Å². The number of carbonyl (C=O) groups is 2. The van der Waals surface area contributed by atoms with Crippen molar-refractivity contribution in [3.8, 4) is 0 Å². The Kier molecular flexibility index (Phi) is 4.93. The van der Waals surface area contributed by atoms with Crippen molar-refractivity contribution in [1.82, 2.24) is 4.90 Å². The number of hydrogen-bond donors (Lipinski definition) is 1. The van der Waals surface area contributed by atoms with Crippen LogP contribution in [0.5, 0.6) is 0 Å². The standard InChI is InChI=1S/C16H21NO3S/c1-10-7-11(2)9-13(8-10)21-12(3)15(18)17-6-4-5-14(17)16(19)20/h7-9,12,14H,4-6H2,1-3H3,(H,19,20). The highest BCUT2D eigenvalue weighted by Gasteiger charge is 2.35. The van der Waals surface area contributed by atoms with E-state index in [2.05, 4.69) is 18.2 Å². The Labute approximate surface area is 129 Å². The van der Waals surface area contributed by atoms with Gasteiger partial charge in [0.2, 0.25) is 5.91 Å². The van der Waals surface area contributed by atoms with Crippen LogP contribution in [0.2, 0.25) is 0 Å². The Morgan fingerprint density at radius 2 is 1.90 bits per heavy atom. The molecule has 2 unspecified atom stereocenters. The quantitative estimate of drug-likeness (QED) is 0.869. The smallest absolute Gasteiger partial charge is 0.326 e. The van der Waals surface area contributed by atoms with Gasteiger partial charge in [0, 0.05) is 11.4 Å². The summed E-state index contributed by atoms with van der Waals surface area (Å²) in [5.41, 5.74) is 2.34. The number of nitrogens with zero attached hydrogens (tertiary/aromatic N) is 1. The zero-order chi connectivity index (χ0) is 15.6. The van der Waals surface area contributed by atoms with Gasteiger partial charge in [-0.1, -0.05) is 6.07 Å². The summed E-state index contributed by atoms with van der Waals surface area (Å²) in [4.78, 5) is 26.2. The Morgan fingerprint density at radius 1 is 1.29 bits per heavy atom. The van der Waals surface area contributed by atoms with E-state index in [4.69, 9.17) is 0 Å². The normalized spacial score (nSPS) is 19.6. The monoisotopic (exact) mass is 307 g/mol. The molecular weight excluding hydrogens is 286 g/mol. The average molecular weight is 307 g/mol. The Hall–Kier alpha value is -1.49. The van der Waals surface area contributed by atoms with Crippen molar-refractivity contribution >= 4 is 23.6 Å². The maximum Gasteiger partial charge on any atom is 0.326 e. The van der Waals surface area contributed by atoms with Crippen molar-refractivity contribution in [2.24, 2.45) is 0 Å². The molecule has 1 aliphatic rings. The number of carboxylic acid groups (broad SMARTS) is 1. The van der Waals surface area contributed by atoms with E-state index in [1.165, 1.54) is 27.8 Å². The van der Waals surface area contributed by atoms with Crippen molar-refractivity contribution in [2.45, 2.75) is 49.8 Å². The summed E-state index contributed by atoms with van der Waals surface area (Å²) in [7, 11) is 0. The first kappa shape index (κ1) is 15.9. The number of benzene rings is 1. The van der Waals surface area contributed by atoms with Crippen LogP contribution in [0, 0.1) is 13.8 Å². The fraction of sp³-hybridized carbons (Fsp3) is 0.500. The molecular formula is C16H21NO3S. The third-order valence-corrected chi connectivity index (χ3v) is 4.74. The molecule has 0 aliphatic carbocycles. The summed E-state index contributed by atoms with van der Waals surface area (Å²) >= 11 is 1.50. The molecule has 1 aliphatic heterocycles. The topological polar surface area (TPSA) is 57.6 Å². The fourth-order valence-corrected chi connectivity index (χ4v) is 3.93. The van der Waals surface area contributed by atoms with Crippen molar-refractivity contribution in [1.29, 1.82) is 0 Å².